The molecule has 0 radical (unpaired) electrons. The fourth-order valence-corrected chi connectivity index (χ4v) is 1.89. The van der Waals surface area contributed by atoms with Gasteiger partial charge in [-0.1, -0.05) is 34.9 Å². The molecular formula is C9H11N3S. The van der Waals surface area contributed by atoms with Gasteiger partial charge in [0.15, 0.2) is 0 Å². The SMILES string of the molecule is NN1NC=C(Cc2ccccc2)S1. The number of rotatable bonds is 2. The second-order valence-electron chi connectivity index (χ2n) is 2.82. The van der Waals surface area contributed by atoms with Crippen molar-refractivity contribution in [2.24, 2.45) is 5.84 Å². The van der Waals surface area contributed by atoms with Crippen molar-refractivity contribution in [1.82, 2.24) is 9.95 Å². The lowest BCUT2D eigenvalue weighted by Gasteiger charge is -2.05. The van der Waals surface area contributed by atoms with Crippen molar-refractivity contribution < 1.29 is 0 Å². The molecule has 0 atom stereocenters. The summed E-state index contributed by atoms with van der Waals surface area (Å²) >= 11 is 1.52. The van der Waals surface area contributed by atoms with Crippen LogP contribution >= 0.6 is 11.9 Å². The Hall–Kier alpha value is -0.970. The fourth-order valence-electron chi connectivity index (χ4n) is 1.19. The minimum atomic E-state index is 0.937. The Labute approximate surface area is 81.7 Å². The number of hydrogen-bond acceptors (Lipinski definition) is 4. The van der Waals surface area contributed by atoms with Crippen LogP contribution in [0.2, 0.25) is 0 Å². The third-order valence-corrected chi connectivity index (χ3v) is 2.59. The molecule has 1 heterocycles. The molecule has 0 fully saturated rings. The topological polar surface area (TPSA) is 41.3 Å². The highest BCUT2D eigenvalue weighted by molar-refractivity contribution is 8.00. The summed E-state index contributed by atoms with van der Waals surface area (Å²) in [6.45, 7) is 0. The molecule has 0 saturated carbocycles. The van der Waals surface area contributed by atoms with Crippen LogP contribution in [-0.4, -0.2) is 4.52 Å². The molecule has 4 heteroatoms. The second-order valence-corrected chi connectivity index (χ2v) is 3.92. The lowest BCUT2D eigenvalue weighted by Crippen LogP contribution is -2.30. The van der Waals surface area contributed by atoms with Crippen LogP contribution in [0, 0.1) is 0 Å². The predicted molar refractivity (Wildman–Crippen MR) is 55.0 cm³/mol. The first-order valence-electron chi connectivity index (χ1n) is 4.06. The number of hydrogen-bond donors (Lipinski definition) is 2. The van der Waals surface area contributed by atoms with Gasteiger partial charge in [0.2, 0.25) is 0 Å². The van der Waals surface area contributed by atoms with E-state index in [0.717, 1.165) is 6.42 Å². The van der Waals surface area contributed by atoms with E-state index < -0.39 is 0 Å². The molecule has 0 spiro atoms. The van der Waals surface area contributed by atoms with Gasteiger partial charge in [-0.25, -0.2) is 5.84 Å². The van der Waals surface area contributed by atoms with Crippen LogP contribution in [0.5, 0.6) is 0 Å². The third-order valence-electron chi connectivity index (χ3n) is 1.79. The van der Waals surface area contributed by atoms with Gasteiger partial charge in [-0.3, -0.25) is 0 Å². The monoisotopic (exact) mass is 193 g/mol. The molecule has 1 aliphatic heterocycles. The van der Waals surface area contributed by atoms with Crippen LogP contribution in [0.15, 0.2) is 41.4 Å². The van der Waals surface area contributed by atoms with E-state index in [0.29, 0.717) is 0 Å². The van der Waals surface area contributed by atoms with Crippen molar-refractivity contribution in [1.29, 1.82) is 0 Å². The standard InChI is InChI=1S/C9H11N3S/c10-12-11-7-9(13-12)6-8-4-2-1-3-5-8/h1-5,7,11H,6,10H2. The van der Waals surface area contributed by atoms with E-state index in [1.807, 2.05) is 24.4 Å². The summed E-state index contributed by atoms with van der Waals surface area (Å²) < 4.78 is 1.50. The predicted octanol–water partition coefficient (Wildman–Crippen LogP) is 1.41. The van der Waals surface area contributed by atoms with E-state index in [1.54, 1.807) is 0 Å². The van der Waals surface area contributed by atoms with Gasteiger partial charge < -0.3 is 5.43 Å². The maximum atomic E-state index is 5.51. The van der Waals surface area contributed by atoms with Gasteiger partial charge >= 0.3 is 0 Å². The normalized spacial score (nSPS) is 16.8. The summed E-state index contributed by atoms with van der Waals surface area (Å²) in [5.41, 5.74) is 4.21. The maximum Gasteiger partial charge on any atom is 0.0263 e. The Morgan fingerprint density at radius 1 is 1.31 bits per heavy atom. The molecular weight excluding hydrogens is 182 g/mol. The van der Waals surface area contributed by atoms with Gasteiger partial charge in [0.1, 0.15) is 0 Å². The number of hydrazine groups is 2. The molecule has 3 N–H and O–H groups in total. The lowest BCUT2D eigenvalue weighted by molar-refractivity contribution is 0.440. The van der Waals surface area contributed by atoms with E-state index in [9.17, 15) is 0 Å². The highest BCUT2D eigenvalue weighted by Gasteiger charge is 2.10. The summed E-state index contributed by atoms with van der Waals surface area (Å²) in [4.78, 5) is 1.23. The van der Waals surface area contributed by atoms with Crippen LogP contribution < -0.4 is 11.3 Å². The van der Waals surface area contributed by atoms with Crippen LogP contribution in [0.1, 0.15) is 5.56 Å². The quantitative estimate of drug-likeness (QED) is 0.550. The van der Waals surface area contributed by atoms with Crippen molar-refractivity contribution in [3.05, 3.63) is 47.0 Å². The molecule has 0 amide bonds. The van der Waals surface area contributed by atoms with Crippen LogP contribution in [0.3, 0.4) is 0 Å². The van der Waals surface area contributed by atoms with Crippen molar-refractivity contribution in [3.63, 3.8) is 0 Å². The molecule has 2 rings (SSSR count). The number of nitrogens with one attached hydrogen (secondary N) is 1. The zero-order valence-corrected chi connectivity index (χ0v) is 7.92. The van der Waals surface area contributed by atoms with E-state index in [2.05, 4.69) is 17.6 Å². The molecule has 0 aromatic heterocycles. The smallest absolute Gasteiger partial charge is 0.0263 e. The highest BCUT2D eigenvalue weighted by Crippen LogP contribution is 2.24. The molecule has 1 aromatic carbocycles. The minimum Gasteiger partial charge on any atom is -0.302 e. The molecule has 1 aromatic rings. The Morgan fingerprint density at radius 3 is 2.69 bits per heavy atom. The Bertz CT molecular complexity index is 310. The average Bonchev–Trinajstić information content (AvgIpc) is 2.53. The van der Waals surface area contributed by atoms with Crippen molar-refractivity contribution in [2.45, 2.75) is 6.42 Å². The van der Waals surface area contributed by atoms with Crippen molar-refractivity contribution in [2.75, 3.05) is 0 Å². The molecule has 13 heavy (non-hydrogen) atoms. The van der Waals surface area contributed by atoms with Crippen LogP contribution in [-0.2, 0) is 6.42 Å². The maximum absolute atomic E-state index is 5.51. The molecule has 3 nitrogen and oxygen atoms in total. The Morgan fingerprint density at radius 2 is 2.08 bits per heavy atom. The lowest BCUT2D eigenvalue weighted by atomic mass is 10.1. The summed E-state index contributed by atoms with van der Waals surface area (Å²) in [7, 11) is 0. The van der Waals surface area contributed by atoms with Gasteiger partial charge in [-0.05, 0) is 17.5 Å². The molecule has 0 unspecified atom stereocenters. The zero-order chi connectivity index (χ0) is 9.10. The summed E-state index contributed by atoms with van der Waals surface area (Å²) in [6.07, 6.45) is 2.86. The summed E-state index contributed by atoms with van der Waals surface area (Å²) in [5, 5.41) is 0. The third kappa shape index (κ3) is 2.24. The number of benzene rings is 1. The van der Waals surface area contributed by atoms with Gasteiger partial charge in [0, 0.05) is 17.5 Å². The van der Waals surface area contributed by atoms with E-state index in [1.165, 1.54) is 26.9 Å². The molecule has 0 aliphatic carbocycles. The second kappa shape index (κ2) is 3.83. The van der Waals surface area contributed by atoms with E-state index in [-0.39, 0.29) is 0 Å². The Balaban J connectivity index is 2.00. The van der Waals surface area contributed by atoms with E-state index in [4.69, 9.17) is 5.84 Å². The molecule has 0 saturated heterocycles. The fraction of sp³-hybridized carbons (Fsp3) is 0.111. The number of nitrogens with two attached hydrogens (primary N) is 1. The number of nitrogens with zero attached hydrogens (tertiary/aromatic N) is 1. The zero-order valence-electron chi connectivity index (χ0n) is 7.10. The first-order chi connectivity index (χ1) is 6.34. The van der Waals surface area contributed by atoms with Crippen molar-refractivity contribution >= 4 is 11.9 Å². The van der Waals surface area contributed by atoms with Crippen LogP contribution in [0.25, 0.3) is 0 Å². The van der Waals surface area contributed by atoms with Gasteiger partial charge in [0.05, 0.1) is 0 Å². The first kappa shape index (κ1) is 8.62. The van der Waals surface area contributed by atoms with Gasteiger partial charge in [0.25, 0.3) is 0 Å². The van der Waals surface area contributed by atoms with Crippen molar-refractivity contribution in [3.8, 4) is 0 Å². The molecule has 68 valence electrons. The van der Waals surface area contributed by atoms with Gasteiger partial charge in [-0.15, -0.1) is 0 Å². The Kier molecular flexibility index (Phi) is 2.54. The minimum absolute atomic E-state index is 0.937. The van der Waals surface area contributed by atoms with Gasteiger partial charge in [-0.2, -0.15) is 0 Å². The molecule has 1 aliphatic rings. The summed E-state index contributed by atoms with van der Waals surface area (Å²) in [6, 6.07) is 10.3. The molecule has 0 bridgehead atoms. The first-order valence-corrected chi connectivity index (χ1v) is 4.84. The van der Waals surface area contributed by atoms with Crippen LogP contribution in [0.4, 0.5) is 0 Å². The number of allylic oxidation sites excluding steroid dienone is 1. The van der Waals surface area contributed by atoms with E-state index >= 15 is 0 Å². The average molecular weight is 193 g/mol. The largest absolute Gasteiger partial charge is 0.302 e. The summed E-state index contributed by atoms with van der Waals surface area (Å²) in [5.74, 6) is 5.51. The highest BCUT2D eigenvalue weighted by atomic mass is 32.2.